The molecule has 0 aliphatic rings. The summed E-state index contributed by atoms with van der Waals surface area (Å²) in [4.78, 5) is 0. The summed E-state index contributed by atoms with van der Waals surface area (Å²) in [5.41, 5.74) is 1.22. The van der Waals surface area contributed by atoms with E-state index in [-0.39, 0.29) is 5.54 Å². The van der Waals surface area contributed by atoms with E-state index in [4.69, 9.17) is 0 Å². The van der Waals surface area contributed by atoms with Gasteiger partial charge in [0.1, 0.15) is 0 Å². The minimum atomic E-state index is 0.163. The first-order chi connectivity index (χ1) is 5.75. The highest BCUT2D eigenvalue weighted by Crippen LogP contribution is 2.24. The fourth-order valence-electron chi connectivity index (χ4n) is 1.67. The first kappa shape index (κ1) is 12.5. The number of hydrogen-bond acceptors (Lipinski definition) is 1. The molecule has 1 nitrogen and oxygen atoms in total. The number of allylic oxidation sites excluding steroid dienone is 1. The maximum Gasteiger partial charge on any atom is 0.0339 e. The maximum atomic E-state index is 3.89. The van der Waals surface area contributed by atoms with Crippen LogP contribution in [0.15, 0.2) is 12.3 Å². The average Bonchev–Trinajstić information content (AvgIpc) is 1.81. The second-order valence-electron chi connectivity index (χ2n) is 5.16. The lowest BCUT2D eigenvalue weighted by Crippen LogP contribution is -2.44. The highest BCUT2D eigenvalue weighted by molar-refractivity contribution is 4.96. The Morgan fingerprint density at radius 3 is 2.08 bits per heavy atom. The Bertz CT molecular complexity index is 168. The molecule has 0 saturated carbocycles. The first-order valence-electron chi connectivity index (χ1n) is 5.19. The zero-order valence-corrected chi connectivity index (χ0v) is 10.1. The van der Waals surface area contributed by atoms with Crippen molar-refractivity contribution in [2.75, 3.05) is 0 Å². The van der Waals surface area contributed by atoms with Crippen molar-refractivity contribution in [1.82, 2.24) is 5.32 Å². The van der Waals surface area contributed by atoms with Crippen LogP contribution in [0, 0.1) is 11.8 Å². The molecule has 0 radical (unpaired) electrons. The third kappa shape index (κ3) is 4.97. The lowest BCUT2D eigenvalue weighted by atomic mass is 9.83. The predicted molar refractivity (Wildman–Crippen MR) is 60.6 cm³/mol. The molecule has 0 saturated heterocycles. The van der Waals surface area contributed by atoms with Crippen molar-refractivity contribution in [3.63, 3.8) is 0 Å². The molecular formula is C12H25N. The van der Waals surface area contributed by atoms with E-state index in [0.717, 1.165) is 11.6 Å². The number of rotatable bonds is 5. The molecule has 0 bridgehead atoms. The van der Waals surface area contributed by atoms with Gasteiger partial charge in [0.2, 0.25) is 0 Å². The van der Waals surface area contributed by atoms with E-state index in [1.807, 2.05) is 6.92 Å². The first-order valence-corrected chi connectivity index (χ1v) is 5.19. The molecule has 0 aliphatic carbocycles. The van der Waals surface area contributed by atoms with Crippen molar-refractivity contribution < 1.29 is 0 Å². The van der Waals surface area contributed by atoms with Gasteiger partial charge in [0, 0.05) is 11.2 Å². The van der Waals surface area contributed by atoms with Crippen molar-refractivity contribution >= 4 is 0 Å². The van der Waals surface area contributed by atoms with E-state index in [9.17, 15) is 0 Å². The molecule has 0 heterocycles. The van der Waals surface area contributed by atoms with Crippen molar-refractivity contribution in [2.45, 2.75) is 53.5 Å². The van der Waals surface area contributed by atoms with Crippen molar-refractivity contribution in [3.8, 4) is 0 Å². The molecule has 1 atom stereocenters. The van der Waals surface area contributed by atoms with Crippen LogP contribution in [-0.2, 0) is 0 Å². The fourth-order valence-corrected chi connectivity index (χ4v) is 1.67. The quantitative estimate of drug-likeness (QED) is 0.687. The number of nitrogens with one attached hydrogen (secondary N) is 1. The molecule has 0 aliphatic heterocycles. The van der Waals surface area contributed by atoms with Crippen LogP contribution < -0.4 is 5.32 Å². The standard InChI is InChI=1S/C12H25N/c1-9(2)8-11(5)12(6,7)13-10(3)4/h9,11,13H,3,8H2,1-2,4-7H3. The summed E-state index contributed by atoms with van der Waals surface area (Å²) in [5, 5.41) is 3.43. The van der Waals surface area contributed by atoms with Gasteiger partial charge in [-0.25, -0.2) is 0 Å². The Hall–Kier alpha value is -0.460. The molecule has 0 fully saturated rings. The molecule has 13 heavy (non-hydrogen) atoms. The second kappa shape index (κ2) is 4.69. The van der Waals surface area contributed by atoms with Crippen LogP contribution in [0.5, 0.6) is 0 Å². The zero-order valence-electron chi connectivity index (χ0n) is 10.1. The molecular weight excluding hydrogens is 158 g/mol. The highest BCUT2D eigenvalue weighted by atomic mass is 15.0. The van der Waals surface area contributed by atoms with Crippen LogP contribution in [0.4, 0.5) is 0 Å². The van der Waals surface area contributed by atoms with Gasteiger partial charge in [-0.15, -0.1) is 0 Å². The normalized spacial score (nSPS) is 14.4. The van der Waals surface area contributed by atoms with Gasteiger partial charge in [-0.05, 0) is 39.0 Å². The van der Waals surface area contributed by atoms with Gasteiger partial charge >= 0.3 is 0 Å². The van der Waals surface area contributed by atoms with Gasteiger partial charge in [-0.2, -0.15) is 0 Å². The minimum absolute atomic E-state index is 0.163. The minimum Gasteiger partial charge on any atom is -0.384 e. The van der Waals surface area contributed by atoms with Crippen LogP contribution in [0.2, 0.25) is 0 Å². The molecule has 1 unspecified atom stereocenters. The molecule has 0 amide bonds. The van der Waals surface area contributed by atoms with Gasteiger partial charge in [0.25, 0.3) is 0 Å². The van der Waals surface area contributed by atoms with E-state index in [2.05, 4.69) is 46.5 Å². The van der Waals surface area contributed by atoms with Gasteiger partial charge in [-0.3, -0.25) is 0 Å². The van der Waals surface area contributed by atoms with Gasteiger partial charge in [0.15, 0.2) is 0 Å². The molecule has 0 spiro atoms. The predicted octanol–water partition coefficient (Wildman–Crippen LogP) is 3.57. The summed E-state index contributed by atoms with van der Waals surface area (Å²) in [7, 11) is 0. The van der Waals surface area contributed by atoms with Crippen LogP contribution >= 0.6 is 0 Å². The van der Waals surface area contributed by atoms with E-state index in [1.54, 1.807) is 0 Å². The maximum absolute atomic E-state index is 3.89. The summed E-state index contributed by atoms with van der Waals surface area (Å²) < 4.78 is 0. The van der Waals surface area contributed by atoms with E-state index >= 15 is 0 Å². The lowest BCUT2D eigenvalue weighted by Gasteiger charge is -2.35. The molecule has 0 aromatic carbocycles. The Balaban J connectivity index is 4.17. The van der Waals surface area contributed by atoms with Crippen LogP contribution in [0.3, 0.4) is 0 Å². The van der Waals surface area contributed by atoms with Crippen LogP contribution in [0.1, 0.15) is 48.0 Å². The summed E-state index contributed by atoms with van der Waals surface area (Å²) in [5.74, 6) is 1.44. The fraction of sp³-hybridized carbons (Fsp3) is 0.833. The number of hydrogen-bond donors (Lipinski definition) is 1. The SMILES string of the molecule is C=C(C)NC(C)(C)C(C)CC(C)C. The van der Waals surface area contributed by atoms with Crippen LogP contribution in [0.25, 0.3) is 0 Å². The molecule has 0 aromatic rings. The summed E-state index contributed by atoms with van der Waals surface area (Å²) >= 11 is 0. The lowest BCUT2D eigenvalue weighted by molar-refractivity contribution is 0.253. The Labute approximate surface area is 83.6 Å². The summed E-state index contributed by atoms with van der Waals surface area (Å²) in [6.45, 7) is 17.2. The van der Waals surface area contributed by atoms with Crippen molar-refractivity contribution in [3.05, 3.63) is 12.3 Å². The Morgan fingerprint density at radius 1 is 1.31 bits per heavy atom. The van der Waals surface area contributed by atoms with Crippen molar-refractivity contribution in [1.29, 1.82) is 0 Å². The van der Waals surface area contributed by atoms with Gasteiger partial charge in [-0.1, -0.05) is 27.4 Å². The topological polar surface area (TPSA) is 12.0 Å². The van der Waals surface area contributed by atoms with Crippen molar-refractivity contribution in [2.24, 2.45) is 11.8 Å². The molecule has 0 aromatic heterocycles. The van der Waals surface area contributed by atoms with E-state index < -0.39 is 0 Å². The molecule has 1 heteroatoms. The molecule has 78 valence electrons. The highest BCUT2D eigenvalue weighted by Gasteiger charge is 2.25. The smallest absolute Gasteiger partial charge is 0.0339 e. The Kier molecular flexibility index (Phi) is 4.52. The van der Waals surface area contributed by atoms with Crippen LogP contribution in [-0.4, -0.2) is 5.54 Å². The summed E-state index contributed by atoms with van der Waals surface area (Å²) in [6, 6.07) is 0. The molecule has 1 N–H and O–H groups in total. The second-order valence-corrected chi connectivity index (χ2v) is 5.16. The third-order valence-corrected chi connectivity index (χ3v) is 2.59. The molecule has 0 rings (SSSR count). The Morgan fingerprint density at radius 2 is 1.77 bits per heavy atom. The summed E-state index contributed by atoms with van der Waals surface area (Å²) in [6.07, 6.45) is 1.26. The third-order valence-electron chi connectivity index (χ3n) is 2.59. The average molecular weight is 183 g/mol. The van der Waals surface area contributed by atoms with E-state index in [0.29, 0.717) is 5.92 Å². The monoisotopic (exact) mass is 183 g/mol. The van der Waals surface area contributed by atoms with E-state index in [1.165, 1.54) is 6.42 Å². The van der Waals surface area contributed by atoms with Gasteiger partial charge < -0.3 is 5.32 Å². The van der Waals surface area contributed by atoms with Gasteiger partial charge in [0.05, 0.1) is 0 Å². The zero-order chi connectivity index (χ0) is 10.6. The largest absolute Gasteiger partial charge is 0.384 e.